The lowest BCUT2D eigenvalue weighted by atomic mass is 10.0. The minimum atomic E-state index is -4.01. The Bertz CT molecular complexity index is 1380. The number of carbonyl (C=O) groups is 3. The van der Waals surface area contributed by atoms with Crippen LogP contribution in [0.15, 0.2) is 70.5 Å². The predicted octanol–water partition coefficient (Wildman–Crippen LogP) is 4.17. The summed E-state index contributed by atoms with van der Waals surface area (Å²) in [5, 5.41) is 2.86. The van der Waals surface area contributed by atoms with Crippen molar-refractivity contribution in [2.75, 3.05) is 11.9 Å². The smallest absolute Gasteiger partial charge is 0.338 e. The van der Waals surface area contributed by atoms with Gasteiger partial charge in [-0.05, 0) is 42.5 Å². The zero-order valence-corrected chi connectivity index (χ0v) is 18.4. The number of nitrogens with one attached hydrogen (secondary N) is 1. The molecular formula is C22H13Cl2NO6S. The van der Waals surface area contributed by atoms with Crippen LogP contribution in [-0.4, -0.2) is 32.7 Å². The second kappa shape index (κ2) is 8.38. The number of ketones is 1. The summed E-state index contributed by atoms with van der Waals surface area (Å²) in [6.45, 7) is -0.661. The molecule has 0 unspecified atom stereocenters. The van der Waals surface area contributed by atoms with Crippen molar-refractivity contribution in [3.05, 3.63) is 87.4 Å². The molecule has 4 rings (SSSR count). The molecule has 1 amide bonds. The van der Waals surface area contributed by atoms with Gasteiger partial charge in [-0.15, -0.1) is 0 Å². The first kappa shape index (κ1) is 22.0. The summed E-state index contributed by atoms with van der Waals surface area (Å²) < 4.78 is 30.9. The molecule has 0 bridgehead atoms. The van der Waals surface area contributed by atoms with Gasteiger partial charge < -0.3 is 10.1 Å². The first-order valence-electron chi connectivity index (χ1n) is 9.14. The second-order valence-corrected chi connectivity index (χ2v) is 9.46. The number of amides is 1. The van der Waals surface area contributed by atoms with Gasteiger partial charge in [-0.2, -0.15) is 0 Å². The van der Waals surface area contributed by atoms with Crippen molar-refractivity contribution in [1.29, 1.82) is 0 Å². The molecule has 1 heterocycles. The number of hydrogen-bond donors (Lipinski definition) is 1. The largest absolute Gasteiger partial charge is 0.452 e. The highest BCUT2D eigenvalue weighted by Gasteiger charge is 2.35. The van der Waals surface area contributed by atoms with Crippen molar-refractivity contribution >= 4 is 56.4 Å². The first-order valence-corrected chi connectivity index (χ1v) is 11.4. The maximum atomic E-state index is 13.0. The quantitative estimate of drug-likeness (QED) is 0.431. The van der Waals surface area contributed by atoms with E-state index in [1.54, 1.807) is 12.1 Å². The summed E-state index contributed by atoms with van der Waals surface area (Å²) in [7, 11) is -4.01. The molecule has 0 spiro atoms. The predicted molar refractivity (Wildman–Crippen MR) is 117 cm³/mol. The van der Waals surface area contributed by atoms with Crippen molar-refractivity contribution in [3.8, 4) is 0 Å². The molecule has 0 saturated heterocycles. The summed E-state index contributed by atoms with van der Waals surface area (Å²) in [4.78, 5) is 36.8. The van der Waals surface area contributed by atoms with Gasteiger partial charge in [0.25, 0.3) is 5.91 Å². The molecule has 7 nitrogen and oxygen atoms in total. The number of sulfone groups is 1. The van der Waals surface area contributed by atoms with E-state index in [1.807, 2.05) is 0 Å². The Morgan fingerprint density at radius 3 is 2.25 bits per heavy atom. The van der Waals surface area contributed by atoms with Crippen LogP contribution in [-0.2, 0) is 19.4 Å². The number of hydrogen-bond acceptors (Lipinski definition) is 6. The summed E-state index contributed by atoms with van der Waals surface area (Å²) in [6, 6.07) is 14.1. The van der Waals surface area contributed by atoms with Crippen molar-refractivity contribution in [2.24, 2.45) is 0 Å². The molecule has 0 aromatic heterocycles. The SMILES string of the molecule is O=C(COC(=O)c1ccc2c(c1)S(=O)(=O)c1ccccc1C2=O)Nc1c(Cl)cccc1Cl. The minimum absolute atomic E-state index is 0.0358. The van der Waals surface area contributed by atoms with Crippen LogP contribution in [0.3, 0.4) is 0 Å². The number of esters is 1. The van der Waals surface area contributed by atoms with Gasteiger partial charge in [0.05, 0.1) is 31.1 Å². The summed E-state index contributed by atoms with van der Waals surface area (Å²) in [6.07, 6.45) is 0. The van der Waals surface area contributed by atoms with Gasteiger partial charge in [-0.1, -0.05) is 41.4 Å². The molecule has 3 aromatic rings. The standard InChI is InChI=1S/C22H13Cl2NO6S/c23-15-5-3-6-16(24)20(15)25-19(26)11-31-22(28)12-8-9-14-18(10-12)32(29,30)17-7-2-1-4-13(17)21(14)27/h1-10H,11H2,(H,25,26). The van der Waals surface area contributed by atoms with Crippen LogP contribution in [0.5, 0.6) is 0 Å². The molecule has 3 aromatic carbocycles. The molecular weight excluding hydrogens is 477 g/mol. The monoisotopic (exact) mass is 489 g/mol. The molecule has 1 aliphatic heterocycles. The van der Waals surface area contributed by atoms with Crippen LogP contribution in [0.25, 0.3) is 0 Å². The molecule has 162 valence electrons. The molecule has 10 heteroatoms. The van der Waals surface area contributed by atoms with E-state index in [0.717, 1.165) is 6.07 Å². The summed E-state index contributed by atoms with van der Waals surface area (Å²) >= 11 is 12.0. The second-order valence-electron chi connectivity index (χ2n) is 6.76. The Morgan fingerprint density at radius 2 is 1.53 bits per heavy atom. The van der Waals surface area contributed by atoms with Crippen LogP contribution in [0.2, 0.25) is 10.0 Å². The highest BCUT2D eigenvalue weighted by molar-refractivity contribution is 7.91. The lowest BCUT2D eigenvalue weighted by molar-refractivity contribution is -0.119. The Morgan fingerprint density at radius 1 is 0.875 bits per heavy atom. The first-order chi connectivity index (χ1) is 15.2. The van der Waals surface area contributed by atoms with E-state index in [2.05, 4.69) is 5.32 Å². The van der Waals surface area contributed by atoms with Crippen molar-refractivity contribution in [1.82, 2.24) is 0 Å². The molecule has 0 atom stereocenters. The Hall–Kier alpha value is -3.20. The fourth-order valence-electron chi connectivity index (χ4n) is 3.22. The molecule has 0 fully saturated rings. The third kappa shape index (κ3) is 3.88. The number of carbonyl (C=O) groups excluding carboxylic acids is 3. The van der Waals surface area contributed by atoms with Gasteiger partial charge in [-0.3, -0.25) is 9.59 Å². The minimum Gasteiger partial charge on any atom is -0.452 e. The lowest BCUT2D eigenvalue weighted by Gasteiger charge is -2.19. The van der Waals surface area contributed by atoms with E-state index in [4.69, 9.17) is 27.9 Å². The van der Waals surface area contributed by atoms with E-state index >= 15 is 0 Å². The number of benzene rings is 3. The molecule has 0 radical (unpaired) electrons. The highest BCUT2D eigenvalue weighted by atomic mass is 35.5. The van der Waals surface area contributed by atoms with Gasteiger partial charge in [0.2, 0.25) is 9.84 Å². The Labute approximate surface area is 192 Å². The fraction of sp³-hybridized carbons (Fsp3) is 0.0455. The highest BCUT2D eigenvalue weighted by Crippen LogP contribution is 2.35. The van der Waals surface area contributed by atoms with Crippen LogP contribution in [0, 0.1) is 0 Å². The molecule has 0 aliphatic carbocycles. The van der Waals surface area contributed by atoms with E-state index in [9.17, 15) is 22.8 Å². The normalized spacial score (nSPS) is 13.6. The average molecular weight is 490 g/mol. The third-order valence-electron chi connectivity index (χ3n) is 4.73. The maximum absolute atomic E-state index is 13.0. The van der Waals surface area contributed by atoms with E-state index in [-0.39, 0.29) is 42.2 Å². The zero-order valence-electron chi connectivity index (χ0n) is 16.1. The zero-order chi connectivity index (χ0) is 23.0. The van der Waals surface area contributed by atoms with Gasteiger partial charge in [0.15, 0.2) is 12.4 Å². The lowest BCUT2D eigenvalue weighted by Crippen LogP contribution is -2.23. The molecule has 32 heavy (non-hydrogen) atoms. The van der Waals surface area contributed by atoms with E-state index in [1.165, 1.54) is 42.5 Å². The van der Waals surface area contributed by atoms with Crippen molar-refractivity contribution in [2.45, 2.75) is 9.79 Å². The van der Waals surface area contributed by atoms with Crippen LogP contribution >= 0.6 is 23.2 Å². The van der Waals surface area contributed by atoms with Gasteiger partial charge in [-0.25, -0.2) is 13.2 Å². The number of para-hydroxylation sites is 1. The topological polar surface area (TPSA) is 107 Å². The van der Waals surface area contributed by atoms with Gasteiger partial charge in [0, 0.05) is 11.1 Å². The van der Waals surface area contributed by atoms with Crippen molar-refractivity contribution < 1.29 is 27.5 Å². The van der Waals surface area contributed by atoms with Crippen LogP contribution < -0.4 is 5.32 Å². The third-order valence-corrected chi connectivity index (χ3v) is 7.22. The molecule has 0 saturated carbocycles. The fourth-order valence-corrected chi connectivity index (χ4v) is 5.39. The number of ether oxygens (including phenoxy) is 1. The number of fused-ring (bicyclic) bond motifs is 2. The molecule has 1 aliphatic rings. The van der Waals surface area contributed by atoms with Crippen molar-refractivity contribution in [3.63, 3.8) is 0 Å². The Kier molecular flexibility index (Phi) is 5.77. The number of halogens is 2. The van der Waals surface area contributed by atoms with Crippen LogP contribution in [0.4, 0.5) is 5.69 Å². The average Bonchev–Trinajstić information content (AvgIpc) is 2.78. The number of rotatable bonds is 4. The van der Waals surface area contributed by atoms with Gasteiger partial charge in [0.1, 0.15) is 0 Å². The van der Waals surface area contributed by atoms with E-state index < -0.39 is 34.1 Å². The summed E-state index contributed by atoms with van der Waals surface area (Å²) in [5.74, 6) is -2.08. The van der Waals surface area contributed by atoms with Crippen LogP contribution in [0.1, 0.15) is 26.3 Å². The maximum Gasteiger partial charge on any atom is 0.338 e. The van der Waals surface area contributed by atoms with Gasteiger partial charge >= 0.3 is 5.97 Å². The number of anilines is 1. The van der Waals surface area contributed by atoms with E-state index in [0.29, 0.717) is 0 Å². The molecule has 1 N–H and O–H groups in total. The summed E-state index contributed by atoms with van der Waals surface area (Å²) in [5.41, 5.74) is 0.0913. The Balaban J connectivity index is 1.53.